The van der Waals surface area contributed by atoms with E-state index in [1.165, 1.54) is 0 Å². The Labute approximate surface area is 121 Å². The van der Waals surface area contributed by atoms with Gasteiger partial charge in [-0.2, -0.15) is 11.3 Å². The van der Waals surface area contributed by atoms with Gasteiger partial charge in [-0.3, -0.25) is 4.79 Å². The molecule has 7 heteroatoms. The molecule has 1 unspecified atom stereocenters. The summed E-state index contributed by atoms with van der Waals surface area (Å²) < 4.78 is 1.64. The molecule has 6 nitrogen and oxygen atoms in total. The number of aromatic nitrogens is 4. The minimum atomic E-state index is -0.842. The van der Waals surface area contributed by atoms with Crippen LogP contribution in [0.3, 0.4) is 0 Å². The maximum atomic E-state index is 11.1. The lowest BCUT2D eigenvalue weighted by atomic mass is 9.87. The molecule has 0 saturated heterocycles. The van der Waals surface area contributed by atoms with Crippen LogP contribution in [-0.4, -0.2) is 31.3 Å². The Balaban J connectivity index is 2.34. The lowest BCUT2D eigenvalue weighted by Crippen LogP contribution is -2.22. The highest BCUT2D eigenvalue weighted by Gasteiger charge is 2.26. The first kappa shape index (κ1) is 14.6. The fourth-order valence-electron chi connectivity index (χ4n) is 2.17. The van der Waals surface area contributed by atoms with Gasteiger partial charge in [-0.1, -0.05) is 20.8 Å². The molecule has 1 atom stereocenters. The molecule has 2 rings (SSSR count). The average Bonchev–Trinajstić information content (AvgIpc) is 2.96. The Kier molecular flexibility index (Phi) is 4.17. The number of aliphatic carboxylic acids is 1. The van der Waals surface area contributed by atoms with Crippen molar-refractivity contribution in [2.24, 2.45) is 5.41 Å². The zero-order valence-corrected chi connectivity index (χ0v) is 12.6. The molecule has 0 aliphatic carbocycles. The molecule has 20 heavy (non-hydrogen) atoms. The van der Waals surface area contributed by atoms with Gasteiger partial charge in [0.25, 0.3) is 0 Å². The van der Waals surface area contributed by atoms with Gasteiger partial charge in [0.2, 0.25) is 0 Å². The fourth-order valence-corrected chi connectivity index (χ4v) is 2.81. The molecule has 2 heterocycles. The third kappa shape index (κ3) is 3.63. The van der Waals surface area contributed by atoms with Crippen molar-refractivity contribution in [3.8, 4) is 11.4 Å². The van der Waals surface area contributed by atoms with Crippen LogP contribution < -0.4 is 0 Å². The van der Waals surface area contributed by atoms with Gasteiger partial charge >= 0.3 is 5.97 Å². The molecule has 1 N–H and O–H groups in total. The highest BCUT2D eigenvalue weighted by molar-refractivity contribution is 7.08. The minimum Gasteiger partial charge on any atom is -0.481 e. The molecule has 0 aromatic carbocycles. The standard InChI is InChI=1S/C13H18N4O2S/c1-13(2,3)7-10(6-11(18)19)17-12(14-15-16-17)9-4-5-20-8-9/h4-5,8,10H,6-7H2,1-3H3,(H,18,19). The van der Waals surface area contributed by atoms with Crippen LogP contribution >= 0.6 is 11.3 Å². The number of hydrogen-bond acceptors (Lipinski definition) is 5. The summed E-state index contributed by atoms with van der Waals surface area (Å²) in [6.45, 7) is 6.24. The SMILES string of the molecule is CC(C)(C)CC(CC(=O)O)n1nnnc1-c1ccsc1. The van der Waals surface area contributed by atoms with Crippen molar-refractivity contribution in [2.75, 3.05) is 0 Å². The monoisotopic (exact) mass is 294 g/mol. The van der Waals surface area contributed by atoms with Crippen molar-refractivity contribution in [3.05, 3.63) is 16.8 Å². The average molecular weight is 294 g/mol. The first-order chi connectivity index (χ1) is 9.37. The Morgan fingerprint density at radius 2 is 2.25 bits per heavy atom. The molecule has 0 spiro atoms. The van der Waals surface area contributed by atoms with E-state index in [2.05, 4.69) is 36.3 Å². The lowest BCUT2D eigenvalue weighted by molar-refractivity contribution is -0.138. The molecule has 0 aliphatic heterocycles. The van der Waals surface area contributed by atoms with Crippen LogP contribution in [0.4, 0.5) is 0 Å². The van der Waals surface area contributed by atoms with Crippen molar-refractivity contribution >= 4 is 17.3 Å². The van der Waals surface area contributed by atoms with Crippen LogP contribution in [0.5, 0.6) is 0 Å². The molecule has 0 fully saturated rings. The van der Waals surface area contributed by atoms with Gasteiger partial charge in [-0.25, -0.2) is 4.68 Å². The zero-order valence-electron chi connectivity index (χ0n) is 11.8. The predicted octanol–water partition coefficient (Wildman–Crippen LogP) is 2.85. The summed E-state index contributed by atoms with van der Waals surface area (Å²) in [7, 11) is 0. The Bertz CT molecular complexity index is 571. The summed E-state index contributed by atoms with van der Waals surface area (Å²) in [5, 5.41) is 24.8. The molecule has 108 valence electrons. The molecule has 0 aliphatic rings. The van der Waals surface area contributed by atoms with E-state index in [9.17, 15) is 4.79 Å². The molecule has 0 saturated carbocycles. The van der Waals surface area contributed by atoms with Crippen LogP contribution in [-0.2, 0) is 4.79 Å². The summed E-state index contributed by atoms with van der Waals surface area (Å²) in [5.74, 6) is -0.215. The normalized spacial score (nSPS) is 13.3. The number of rotatable bonds is 5. The molecular weight excluding hydrogens is 276 g/mol. The van der Waals surface area contributed by atoms with E-state index in [0.29, 0.717) is 12.2 Å². The van der Waals surface area contributed by atoms with Crippen LogP contribution in [0.1, 0.15) is 39.7 Å². The van der Waals surface area contributed by atoms with Gasteiger partial charge in [0.15, 0.2) is 5.82 Å². The van der Waals surface area contributed by atoms with E-state index in [0.717, 1.165) is 5.56 Å². The first-order valence-corrected chi connectivity index (χ1v) is 7.33. The van der Waals surface area contributed by atoms with Crippen molar-refractivity contribution in [1.82, 2.24) is 20.2 Å². The van der Waals surface area contributed by atoms with E-state index >= 15 is 0 Å². The van der Waals surface area contributed by atoms with Gasteiger partial charge < -0.3 is 5.11 Å². The molecule has 2 aromatic rings. The van der Waals surface area contributed by atoms with E-state index in [1.807, 2.05) is 16.8 Å². The predicted molar refractivity (Wildman–Crippen MR) is 76.5 cm³/mol. The van der Waals surface area contributed by atoms with Gasteiger partial charge in [-0.05, 0) is 33.7 Å². The first-order valence-electron chi connectivity index (χ1n) is 6.39. The number of nitrogens with zero attached hydrogens (tertiary/aromatic N) is 4. The summed E-state index contributed by atoms with van der Waals surface area (Å²) >= 11 is 1.56. The largest absolute Gasteiger partial charge is 0.481 e. The van der Waals surface area contributed by atoms with Gasteiger partial charge in [0, 0.05) is 10.9 Å². The molecule has 2 aromatic heterocycles. The summed E-state index contributed by atoms with van der Waals surface area (Å²) in [5.41, 5.74) is 0.919. The Morgan fingerprint density at radius 3 is 2.80 bits per heavy atom. The van der Waals surface area contributed by atoms with Gasteiger partial charge in [-0.15, -0.1) is 5.10 Å². The van der Waals surface area contributed by atoms with Crippen molar-refractivity contribution in [1.29, 1.82) is 0 Å². The highest BCUT2D eigenvalue weighted by Crippen LogP contribution is 2.32. The van der Waals surface area contributed by atoms with Crippen molar-refractivity contribution in [2.45, 2.75) is 39.7 Å². The van der Waals surface area contributed by atoms with Gasteiger partial charge in [0.1, 0.15) is 0 Å². The molecule has 0 amide bonds. The van der Waals surface area contributed by atoms with Crippen LogP contribution in [0, 0.1) is 5.41 Å². The quantitative estimate of drug-likeness (QED) is 0.917. The fraction of sp³-hybridized carbons (Fsp3) is 0.538. The second kappa shape index (κ2) is 5.70. The number of thiophene rings is 1. The second-order valence-corrected chi connectivity index (χ2v) is 6.76. The highest BCUT2D eigenvalue weighted by atomic mass is 32.1. The van der Waals surface area contributed by atoms with E-state index in [1.54, 1.807) is 16.0 Å². The van der Waals surface area contributed by atoms with E-state index < -0.39 is 5.97 Å². The molecule has 0 bridgehead atoms. The zero-order chi connectivity index (χ0) is 14.8. The van der Waals surface area contributed by atoms with Gasteiger partial charge in [0.05, 0.1) is 12.5 Å². The smallest absolute Gasteiger partial charge is 0.305 e. The van der Waals surface area contributed by atoms with Crippen LogP contribution in [0.15, 0.2) is 16.8 Å². The Morgan fingerprint density at radius 1 is 1.50 bits per heavy atom. The Hall–Kier alpha value is -1.76. The topological polar surface area (TPSA) is 80.9 Å². The lowest BCUT2D eigenvalue weighted by Gasteiger charge is -2.25. The molecular formula is C13H18N4O2S. The van der Waals surface area contributed by atoms with Crippen molar-refractivity contribution in [3.63, 3.8) is 0 Å². The van der Waals surface area contributed by atoms with E-state index in [-0.39, 0.29) is 17.9 Å². The number of hydrogen-bond donors (Lipinski definition) is 1. The maximum absolute atomic E-state index is 11.1. The molecule has 0 radical (unpaired) electrons. The number of carbonyl (C=O) groups is 1. The third-order valence-electron chi connectivity index (χ3n) is 2.88. The maximum Gasteiger partial charge on any atom is 0.305 e. The van der Waals surface area contributed by atoms with Crippen molar-refractivity contribution < 1.29 is 9.90 Å². The minimum absolute atomic E-state index is 0.00200. The van der Waals surface area contributed by atoms with E-state index in [4.69, 9.17) is 5.11 Å². The third-order valence-corrected chi connectivity index (χ3v) is 3.56. The summed E-state index contributed by atoms with van der Waals surface area (Å²) in [6, 6.07) is 1.68. The van der Waals surface area contributed by atoms with Crippen LogP contribution in [0.2, 0.25) is 0 Å². The number of carboxylic acid groups (broad SMARTS) is 1. The summed E-state index contributed by atoms with van der Waals surface area (Å²) in [4.78, 5) is 11.1. The number of carboxylic acids is 1. The number of tetrazole rings is 1. The van der Waals surface area contributed by atoms with Crippen LogP contribution in [0.25, 0.3) is 11.4 Å². The summed E-state index contributed by atoms with van der Waals surface area (Å²) in [6.07, 6.45) is 0.709. The second-order valence-electron chi connectivity index (χ2n) is 5.98.